The van der Waals surface area contributed by atoms with Crippen LogP contribution in [0, 0.1) is 5.82 Å². The minimum Gasteiger partial charge on any atom is -0.432 e. The van der Waals surface area contributed by atoms with Crippen molar-refractivity contribution in [3.05, 3.63) is 42.0 Å². The first kappa shape index (κ1) is 9.67. The van der Waals surface area contributed by atoms with Gasteiger partial charge in [0.2, 0.25) is 0 Å². The molecule has 0 saturated heterocycles. The van der Waals surface area contributed by atoms with E-state index in [0.29, 0.717) is 17.9 Å². The fourth-order valence-electron chi connectivity index (χ4n) is 1.14. The van der Waals surface area contributed by atoms with Gasteiger partial charge in [-0.3, -0.25) is 0 Å². The second kappa shape index (κ2) is 4.10. The second-order valence-corrected chi connectivity index (χ2v) is 2.95. The van der Waals surface area contributed by atoms with E-state index in [1.807, 2.05) is 0 Å². The number of nitrogens with one attached hydrogen (secondary N) is 1. The Hall–Kier alpha value is -1.88. The number of hydrogen-bond donors (Lipinski definition) is 2. The Morgan fingerprint density at radius 2 is 2.20 bits per heavy atom. The highest BCUT2D eigenvalue weighted by molar-refractivity contribution is 5.52. The van der Waals surface area contributed by atoms with E-state index in [1.54, 1.807) is 18.2 Å². The normalized spacial score (nSPS) is 10.3. The molecular weight excluding hydrogens is 197 g/mol. The van der Waals surface area contributed by atoms with E-state index < -0.39 is 0 Å². The predicted molar refractivity (Wildman–Crippen MR) is 54.1 cm³/mol. The zero-order chi connectivity index (χ0) is 10.7. The van der Waals surface area contributed by atoms with Gasteiger partial charge >= 0.3 is 0 Å². The number of anilines is 2. The third kappa shape index (κ3) is 2.13. The van der Waals surface area contributed by atoms with Gasteiger partial charge in [-0.1, -0.05) is 12.1 Å². The Bertz CT molecular complexity index is 455. The quantitative estimate of drug-likeness (QED) is 0.808. The first-order chi connectivity index (χ1) is 7.29. The molecule has 3 N–H and O–H groups in total. The van der Waals surface area contributed by atoms with E-state index in [4.69, 9.17) is 10.2 Å². The minimum atomic E-state index is -0.356. The van der Waals surface area contributed by atoms with Crippen molar-refractivity contribution in [2.24, 2.45) is 5.73 Å². The van der Waals surface area contributed by atoms with Crippen molar-refractivity contribution >= 4 is 11.7 Å². The molecule has 4 nitrogen and oxygen atoms in total. The van der Waals surface area contributed by atoms with Gasteiger partial charge < -0.3 is 15.5 Å². The van der Waals surface area contributed by atoms with E-state index >= 15 is 0 Å². The number of benzene rings is 1. The molecule has 0 fully saturated rings. The molecule has 1 heterocycles. The topological polar surface area (TPSA) is 64.1 Å². The monoisotopic (exact) mass is 207 g/mol. The van der Waals surface area contributed by atoms with Gasteiger partial charge in [0.25, 0.3) is 6.01 Å². The number of rotatable bonds is 3. The molecule has 0 aliphatic heterocycles. The summed E-state index contributed by atoms with van der Waals surface area (Å²) in [5, 5.41) is 2.72. The summed E-state index contributed by atoms with van der Waals surface area (Å²) in [5.74, 6) is -0.356. The Labute approximate surface area is 85.9 Å². The standard InChI is InChI=1S/C10H10FN3O/c11-8-3-1-2-4-9(8)14-10-13-7(5-12)6-15-10/h1-4,6H,5,12H2,(H,13,14). The van der Waals surface area contributed by atoms with Crippen LogP contribution in [-0.2, 0) is 6.54 Å². The largest absolute Gasteiger partial charge is 0.432 e. The van der Waals surface area contributed by atoms with Crippen LogP contribution in [0.3, 0.4) is 0 Å². The lowest BCUT2D eigenvalue weighted by atomic mass is 10.3. The lowest BCUT2D eigenvalue weighted by molar-refractivity contribution is 0.572. The molecule has 15 heavy (non-hydrogen) atoms. The van der Waals surface area contributed by atoms with Crippen LogP contribution in [0.1, 0.15) is 5.69 Å². The first-order valence-electron chi connectivity index (χ1n) is 4.45. The summed E-state index contributed by atoms with van der Waals surface area (Å²) >= 11 is 0. The van der Waals surface area contributed by atoms with Crippen molar-refractivity contribution in [1.82, 2.24) is 4.98 Å². The van der Waals surface area contributed by atoms with Crippen molar-refractivity contribution in [3.8, 4) is 0 Å². The van der Waals surface area contributed by atoms with Gasteiger partial charge in [-0.25, -0.2) is 4.39 Å². The highest BCUT2D eigenvalue weighted by atomic mass is 19.1. The summed E-state index contributed by atoms with van der Waals surface area (Å²) in [4.78, 5) is 4.00. The lowest BCUT2D eigenvalue weighted by Gasteiger charge is -2.01. The number of aromatic nitrogens is 1. The van der Waals surface area contributed by atoms with Crippen LogP contribution in [-0.4, -0.2) is 4.98 Å². The number of para-hydroxylation sites is 1. The summed E-state index contributed by atoms with van der Waals surface area (Å²) in [7, 11) is 0. The van der Waals surface area contributed by atoms with Crippen LogP contribution >= 0.6 is 0 Å². The van der Waals surface area contributed by atoms with Gasteiger partial charge in [0.1, 0.15) is 12.1 Å². The molecule has 0 radical (unpaired) electrons. The van der Waals surface area contributed by atoms with Crippen molar-refractivity contribution in [2.45, 2.75) is 6.54 Å². The third-order valence-corrected chi connectivity index (χ3v) is 1.88. The molecule has 0 aliphatic rings. The molecule has 0 spiro atoms. The maximum atomic E-state index is 13.2. The van der Waals surface area contributed by atoms with E-state index in [0.717, 1.165) is 0 Å². The molecule has 0 saturated carbocycles. The minimum absolute atomic E-state index is 0.237. The van der Waals surface area contributed by atoms with E-state index in [-0.39, 0.29) is 11.8 Å². The van der Waals surface area contributed by atoms with Gasteiger partial charge in [0.05, 0.1) is 11.4 Å². The average Bonchev–Trinajstić information content (AvgIpc) is 2.69. The maximum absolute atomic E-state index is 13.2. The van der Waals surface area contributed by atoms with Gasteiger partial charge in [-0.15, -0.1) is 0 Å². The van der Waals surface area contributed by atoms with Crippen molar-refractivity contribution in [1.29, 1.82) is 0 Å². The molecular formula is C10H10FN3O. The Kier molecular flexibility index (Phi) is 2.64. The number of nitrogens with two attached hydrogens (primary N) is 1. The summed E-state index contributed by atoms with van der Waals surface area (Å²) < 4.78 is 18.3. The zero-order valence-corrected chi connectivity index (χ0v) is 7.90. The molecule has 0 atom stereocenters. The van der Waals surface area contributed by atoms with Crippen LogP contribution in [0.15, 0.2) is 34.9 Å². The van der Waals surface area contributed by atoms with Crippen molar-refractivity contribution in [3.63, 3.8) is 0 Å². The summed E-state index contributed by atoms with van der Waals surface area (Å²) in [6, 6.07) is 6.52. The van der Waals surface area contributed by atoms with Crippen LogP contribution in [0.4, 0.5) is 16.1 Å². The highest BCUT2D eigenvalue weighted by Gasteiger charge is 2.05. The molecule has 0 bridgehead atoms. The molecule has 2 aromatic rings. The number of halogens is 1. The van der Waals surface area contributed by atoms with Crippen LogP contribution in [0.5, 0.6) is 0 Å². The first-order valence-corrected chi connectivity index (χ1v) is 4.45. The van der Waals surface area contributed by atoms with Gasteiger partial charge in [0, 0.05) is 6.54 Å². The molecule has 78 valence electrons. The zero-order valence-electron chi connectivity index (χ0n) is 7.90. The number of hydrogen-bond acceptors (Lipinski definition) is 4. The molecule has 1 aromatic carbocycles. The van der Waals surface area contributed by atoms with Crippen molar-refractivity contribution in [2.75, 3.05) is 5.32 Å². The number of oxazole rings is 1. The summed E-state index contributed by atoms with van der Waals surface area (Å²) in [6.07, 6.45) is 1.43. The fourth-order valence-corrected chi connectivity index (χ4v) is 1.14. The van der Waals surface area contributed by atoms with Crippen molar-refractivity contribution < 1.29 is 8.81 Å². The van der Waals surface area contributed by atoms with E-state index in [9.17, 15) is 4.39 Å². The Morgan fingerprint density at radius 3 is 2.87 bits per heavy atom. The molecule has 1 aromatic heterocycles. The van der Waals surface area contributed by atoms with E-state index in [1.165, 1.54) is 12.3 Å². The molecule has 0 unspecified atom stereocenters. The van der Waals surface area contributed by atoms with Crippen LogP contribution < -0.4 is 11.1 Å². The molecule has 5 heteroatoms. The van der Waals surface area contributed by atoms with Gasteiger partial charge in [-0.2, -0.15) is 4.98 Å². The van der Waals surface area contributed by atoms with Crippen LogP contribution in [0.2, 0.25) is 0 Å². The third-order valence-electron chi connectivity index (χ3n) is 1.88. The highest BCUT2D eigenvalue weighted by Crippen LogP contribution is 2.18. The molecule has 0 amide bonds. The number of nitrogens with zero attached hydrogens (tertiary/aromatic N) is 1. The predicted octanol–water partition coefficient (Wildman–Crippen LogP) is 2.02. The average molecular weight is 207 g/mol. The smallest absolute Gasteiger partial charge is 0.299 e. The van der Waals surface area contributed by atoms with Crippen LogP contribution in [0.25, 0.3) is 0 Å². The van der Waals surface area contributed by atoms with E-state index in [2.05, 4.69) is 10.3 Å². The maximum Gasteiger partial charge on any atom is 0.299 e. The summed E-state index contributed by atoms with van der Waals surface area (Å²) in [5.41, 5.74) is 6.30. The second-order valence-electron chi connectivity index (χ2n) is 2.95. The fraction of sp³-hybridized carbons (Fsp3) is 0.100. The molecule has 0 aliphatic carbocycles. The Balaban J connectivity index is 2.18. The SMILES string of the molecule is NCc1coc(Nc2ccccc2F)n1. The molecule has 2 rings (SSSR count). The summed E-state index contributed by atoms with van der Waals surface area (Å²) in [6.45, 7) is 0.294. The lowest BCUT2D eigenvalue weighted by Crippen LogP contribution is -1.97. The van der Waals surface area contributed by atoms with Gasteiger partial charge in [0.15, 0.2) is 0 Å². The van der Waals surface area contributed by atoms with Gasteiger partial charge in [-0.05, 0) is 12.1 Å². The Morgan fingerprint density at radius 1 is 1.40 bits per heavy atom.